The van der Waals surface area contributed by atoms with Gasteiger partial charge in [0.25, 0.3) is 0 Å². The number of benzene rings is 2. The molecule has 2 aromatic carbocycles. The summed E-state index contributed by atoms with van der Waals surface area (Å²) in [4.78, 5) is 14.8. The van der Waals surface area contributed by atoms with E-state index in [2.05, 4.69) is 10.3 Å². The van der Waals surface area contributed by atoms with Crippen LogP contribution in [0.25, 0.3) is 0 Å². The molecule has 114 valence electrons. The van der Waals surface area contributed by atoms with Gasteiger partial charge in [-0.15, -0.1) is 0 Å². The molecule has 0 radical (unpaired) electrons. The van der Waals surface area contributed by atoms with Gasteiger partial charge < -0.3 is 10.4 Å². The van der Waals surface area contributed by atoms with Crippen LogP contribution < -0.4 is 5.32 Å². The van der Waals surface area contributed by atoms with E-state index < -0.39 is 6.23 Å². The molecule has 2 rings (SSSR count). The molecule has 0 amide bonds. The maximum Gasteiger partial charge on any atom is 0.202 e. The number of aliphatic imine (C=N–C) groups is 1. The highest BCUT2D eigenvalue weighted by Gasteiger charge is 2.16. The highest BCUT2D eigenvalue weighted by molar-refractivity contribution is 6.36. The molecule has 2 N–H and O–H groups in total. The molecule has 2 aromatic rings. The minimum atomic E-state index is -1.48. The zero-order valence-electron chi connectivity index (χ0n) is 11.8. The Hall–Kier alpha value is -1.88. The Kier molecular flexibility index (Phi) is 5.55. The van der Waals surface area contributed by atoms with Crippen LogP contribution in [0.1, 0.15) is 11.1 Å². The van der Waals surface area contributed by atoms with Crippen molar-refractivity contribution in [2.45, 2.75) is 6.23 Å². The second kappa shape index (κ2) is 7.40. The molecule has 0 heterocycles. The minimum Gasteiger partial charge on any atom is -0.388 e. The second-order valence-corrected chi connectivity index (χ2v) is 5.29. The van der Waals surface area contributed by atoms with Gasteiger partial charge in [-0.1, -0.05) is 41.4 Å². The fraction of sp³-hybridized carbons (Fsp3) is 0.125. The molecule has 0 saturated carbocycles. The third-order valence-corrected chi connectivity index (χ3v) is 3.58. The number of carbonyl (C=O) groups excluding carboxylic acids is 1. The Balaban J connectivity index is 2.70. The quantitative estimate of drug-likeness (QED) is 0.649. The Labute approximate surface area is 138 Å². The van der Waals surface area contributed by atoms with Crippen LogP contribution in [-0.4, -0.2) is 30.4 Å². The van der Waals surface area contributed by atoms with Crippen molar-refractivity contribution in [1.29, 1.82) is 0 Å². The molecule has 4 nitrogen and oxygen atoms in total. The van der Waals surface area contributed by atoms with Gasteiger partial charge in [0, 0.05) is 33.9 Å². The molecule has 0 aliphatic carbocycles. The SMILES string of the molecule is CNc1ccc(Cl)cc1/C(=N\C(O)C=O)c1ccccc1Cl. The van der Waals surface area contributed by atoms with E-state index in [0.29, 0.717) is 33.2 Å². The summed E-state index contributed by atoms with van der Waals surface area (Å²) in [6.45, 7) is 0. The molecule has 22 heavy (non-hydrogen) atoms. The Bertz CT molecular complexity index is 717. The van der Waals surface area contributed by atoms with Gasteiger partial charge in [0.05, 0.1) is 5.71 Å². The van der Waals surface area contributed by atoms with E-state index in [9.17, 15) is 9.90 Å². The topological polar surface area (TPSA) is 61.7 Å². The van der Waals surface area contributed by atoms with Crippen molar-refractivity contribution < 1.29 is 9.90 Å². The summed E-state index contributed by atoms with van der Waals surface area (Å²) in [5, 5.41) is 13.6. The van der Waals surface area contributed by atoms with Crippen LogP contribution in [-0.2, 0) is 4.79 Å². The lowest BCUT2D eigenvalue weighted by molar-refractivity contribution is -0.114. The molecular formula is C16H14Cl2N2O2. The Morgan fingerprint density at radius 2 is 1.95 bits per heavy atom. The number of hydrogen-bond donors (Lipinski definition) is 2. The van der Waals surface area contributed by atoms with Gasteiger partial charge in [0.2, 0.25) is 6.23 Å². The summed E-state index contributed by atoms with van der Waals surface area (Å²) in [6.07, 6.45) is -1.13. The normalized spacial score (nSPS) is 12.8. The monoisotopic (exact) mass is 336 g/mol. The van der Waals surface area contributed by atoms with Gasteiger partial charge in [0.15, 0.2) is 6.29 Å². The van der Waals surface area contributed by atoms with Crippen molar-refractivity contribution >= 4 is 40.9 Å². The van der Waals surface area contributed by atoms with Gasteiger partial charge in [0.1, 0.15) is 0 Å². The van der Waals surface area contributed by atoms with Gasteiger partial charge in [-0.25, -0.2) is 4.99 Å². The molecule has 0 aliphatic rings. The summed E-state index contributed by atoms with van der Waals surface area (Å²) in [5.41, 5.74) is 2.38. The molecule has 0 spiro atoms. The summed E-state index contributed by atoms with van der Waals surface area (Å²) in [5.74, 6) is 0. The van der Waals surface area contributed by atoms with Gasteiger partial charge in [-0.2, -0.15) is 0 Å². The van der Waals surface area contributed by atoms with Gasteiger partial charge >= 0.3 is 0 Å². The first-order valence-electron chi connectivity index (χ1n) is 6.50. The summed E-state index contributed by atoms with van der Waals surface area (Å²) >= 11 is 12.3. The molecule has 0 aliphatic heterocycles. The molecular weight excluding hydrogens is 323 g/mol. The van der Waals surface area contributed by atoms with Crippen LogP contribution in [0.15, 0.2) is 47.5 Å². The zero-order valence-corrected chi connectivity index (χ0v) is 13.3. The number of aldehydes is 1. The summed E-state index contributed by atoms with van der Waals surface area (Å²) in [6, 6.07) is 12.3. The maximum absolute atomic E-state index is 10.8. The summed E-state index contributed by atoms with van der Waals surface area (Å²) < 4.78 is 0. The van der Waals surface area contributed by atoms with Gasteiger partial charge in [-0.3, -0.25) is 4.79 Å². The van der Waals surface area contributed by atoms with Gasteiger partial charge in [-0.05, 0) is 24.3 Å². The average Bonchev–Trinajstić information content (AvgIpc) is 2.53. The fourth-order valence-corrected chi connectivity index (χ4v) is 2.43. The standard InChI is InChI=1S/C16H14Cl2N2O2/c1-19-14-7-6-10(17)8-12(14)16(20-15(22)9-21)11-4-2-3-5-13(11)18/h2-9,15,19,22H,1H3/b20-16-. The fourth-order valence-electron chi connectivity index (χ4n) is 2.03. The van der Waals surface area contributed by atoms with E-state index in [1.165, 1.54) is 0 Å². The lowest BCUT2D eigenvalue weighted by atomic mass is 10.00. The zero-order chi connectivity index (χ0) is 16.1. The molecule has 1 unspecified atom stereocenters. The highest BCUT2D eigenvalue weighted by Crippen LogP contribution is 2.27. The first-order chi connectivity index (χ1) is 10.6. The number of rotatable bonds is 5. The molecule has 0 bridgehead atoms. The number of hydrogen-bond acceptors (Lipinski definition) is 4. The maximum atomic E-state index is 10.8. The van der Waals surface area contributed by atoms with Crippen molar-refractivity contribution in [3.05, 3.63) is 63.6 Å². The first kappa shape index (κ1) is 16.5. The predicted octanol–water partition coefficient (Wildman–Crippen LogP) is 3.39. The average molecular weight is 337 g/mol. The van der Waals surface area contributed by atoms with Crippen molar-refractivity contribution in [3.63, 3.8) is 0 Å². The van der Waals surface area contributed by atoms with Crippen LogP contribution in [0.3, 0.4) is 0 Å². The van der Waals surface area contributed by atoms with Crippen LogP contribution in [0.2, 0.25) is 10.0 Å². The number of carbonyl (C=O) groups is 1. The van der Waals surface area contributed by atoms with Crippen molar-refractivity contribution in [1.82, 2.24) is 0 Å². The van der Waals surface area contributed by atoms with Crippen molar-refractivity contribution in [3.8, 4) is 0 Å². The number of aliphatic hydroxyl groups excluding tert-OH is 1. The third-order valence-electron chi connectivity index (χ3n) is 3.02. The predicted molar refractivity (Wildman–Crippen MR) is 90.2 cm³/mol. The number of nitrogens with zero attached hydrogens (tertiary/aromatic N) is 1. The highest BCUT2D eigenvalue weighted by atomic mass is 35.5. The van der Waals surface area contributed by atoms with E-state index >= 15 is 0 Å². The van der Waals surface area contributed by atoms with E-state index in [4.69, 9.17) is 23.2 Å². The van der Waals surface area contributed by atoms with Crippen molar-refractivity contribution in [2.24, 2.45) is 4.99 Å². The number of nitrogens with one attached hydrogen (secondary N) is 1. The lowest BCUT2D eigenvalue weighted by Crippen LogP contribution is -2.14. The summed E-state index contributed by atoms with van der Waals surface area (Å²) in [7, 11) is 1.76. The molecule has 0 fully saturated rings. The second-order valence-electron chi connectivity index (χ2n) is 4.45. The van der Waals surface area contributed by atoms with Crippen molar-refractivity contribution in [2.75, 3.05) is 12.4 Å². The smallest absolute Gasteiger partial charge is 0.202 e. The van der Waals surface area contributed by atoms with Crippen LogP contribution in [0, 0.1) is 0 Å². The van der Waals surface area contributed by atoms with E-state index in [0.717, 1.165) is 5.69 Å². The molecule has 1 atom stereocenters. The largest absolute Gasteiger partial charge is 0.388 e. The third kappa shape index (κ3) is 3.65. The molecule has 6 heteroatoms. The Morgan fingerprint density at radius 3 is 2.59 bits per heavy atom. The lowest BCUT2D eigenvalue weighted by Gasteiger charge is -2.14. The number of anilines is 1. The number of halogens is 2. The van der Waals surface area contributed by atoms with Crippen LogP contribution >= 0.6 is 23.2 Å². The van der Waals surface area contributed by atoms with Crippen LogP contribution in [0.5, 0.6) is 0 Å². The van der Waals surface area contributed by atoms with E-state index in [-0.39, 0.29) is 0 Å². The molecule has 0 saturated heterocycles. The Morgan fingerprint density at radius 1 is 1.23 bits per heavy atom. The van der Waals surface area contributed by atoms with Crippen LogP contribution in [0.4, 0.5) is 5.69 Å². The minimum absolute atomic E-state index is 0.348. The van der Waals surface area contributed by atoms with E-state index in [1.807, 2.05) is 0 Å². The first-order valence-corrected chi connectivity index (χ1v) is 7.26. The number of aliphatic hydroxyl groups is 1. The van der Waals surface area contributed by atoms with E-state index in [1.54, 1.807) is 49.5 Å². The molecule has 0 aromatic heterocycles.